The lowest BCUT2D eigenvalue weighted by molar-refractivity contribution is 0.382. The van der Waals surface area contributed by atoms with Crippen molar-refractivity contribution in [3.8, 4) is 6.07 Å². The number of aromatic nitrogens is 2. The highest BCUT2D eigenvalue weighted by Gasteiger charge is 2.11. The molecule has 1 aromatic rings. The number of hydrogen-bond acceptors (Lipinski definition) is 6. The van der Waals surface area contributed by atoms with E-state index in [1.54, 1.807) is 0 Å². The second kappa shape index (κ2) is 3.53. The molecule has 0 spiro atoms. The lowest BCUT2D eigenvalue weighted by Crippen LogP contribution is -2.02. The minimum absolute atomic E-state index is 0.00321. The van der Waals surface area contributed by atoms with Gasteiger partial charge < -0.3 is 4.52 Å². The molecule has 1 aromatic heterocycles. The van der Waals surface area contributed by atoms with Crippen LogP contribution in [-0.4, -0.2) is 24.8 Å². The molecular formula is C6H7N3O3S. The van der Waals surface area contributed by atoms with Crippen molar-refractivity contribution in [1.29, 1.82) is 5.26 Å². The maximum absolute atomic E-state index is 10.8. The molecule has 0 N–H and O–H groups in total. The van der Waals surface area contributed by atoms with Crippen LogP contribution in [0.1, 0.15) is 11.7 Å². The highest BCUT2D eigenvalue weighted by molar-refractivity contribution is 7.89. The second-order valence-electron chi connectivity index (χ2n) is 2.51. The molecule has 0 amide bonds. The van der Waals surface area contributed by atoms with Crippen LogP contribution in [-0.2, 0) is 22.0 Å². The molecule has 0 aromatic carbocycles. The number of sulfone groups is 1. The molecule has 0 fully saturated rings. The van der Waals surface area contributed by atoms with Crippen molar-refractivity contribution >= 4 is 9.84 Å². The van der Waals surface area contributed by atoms with Gasteiger partial charge in [-0.15, -0.1) is 0 Å². The number of nitrogens with zero attached hydrogens (tertiary/aromatic N) is 3. The average molecular weight is 201 g/mol. The van der Waals surface area contributed by atoms with Crippen LogP contribution >= 0.6 is 0 Å². The highest BCUT2D eigenvalue weighted by atomic mass is 32.2. The van der Waals surface area contributed by atoms with Gasteiger partial charge in [-0.05, 0) is 0 Å². The van der Waals surface area contributed by atoms with Crippen LogP contribution in [0.4, 0.5) is 0 Å². The van der Waals surface area contributed by atoms with Gasteiger partial charge in [0, 0.05) is 6.26 Å². The van der Waals surface area contributed by atoms with Crippen molar-refractivity contribution in [3.05, 3.63) is 11.7 Å². The third kappa shape index (κ3) is 3.21. The zero-order chi connectivity index (χ0) is 9.90. The van der Waals surface area contributed by atoms with E-state index >= 15 is 0 Å². The lowest BCUT2D eigenvalue weighted by Gasteiger charge is -1.87. The summed E-state index contributed by atoms with van der Waals surface area (Å²) in [6.07, 6.45) is 1.07. The Bertz CT molecular complexity index is 428. The predicted octanol–water partition coefficient (Wildman–Crippen LogP) is -0.320. The van der Waals surface area contributed by atoms with Crippen molar-refractivity contribution in [3.63, 3.8) is 0 Å². The van der Waals surface area contributed by atoms with E-state index in [-0.39, 0.29) is 23.9 Å². The predicted molar refractivity (Wildman–Crippen MR) is 42.2 cm³/mol. The van der Waals surface area contributed by atoms with Gasteiger partial charge >= 0.3 is 0 Å². The molecule has 0 unspecified atom stereocenters. The Morgan fingerprint density at radius 3 is 2.85 bits per heavy atom. The third-order valence-electron chi connectivity index (χ3n) is 1.13. The number of rotatable bonds is 3. The van der Waals surface area contributed by atoms with Gasteiger partial charge in [0.1, 0.15) is 12.2 Å². The maximum Gasteiger partial charge on any atom is 0.240 e. The Kier molecular flexibility index (Phi) is 2.63. The summed E-state index contributed by atoms with van der Waals surface area (Å²) in [4.78, 5) is 3.71. The molecule has 13 heavy (non-hydrogen) atoms. The molecule has 0 saturated heterocycles. The van der Waals surface area contributed by atoms with Crippen LogP contribution in [0.25, 0.3) is 0 Å². The van der Waals surface area contributed by atoms with Crippen LogP contribution in [0.15, 0.2) is 4.52 Å². The van der Waals surface area contributed by atoms with Crippen LogP contribution in [0.5, 0.6) is 0 Å². The first-order chi connectivity index (χ1) is 6.01. The van der Waals surface area contributed by atoms with Crippen LogP contribution in [0, 0.1) is 11.3 Å². The Morgan fingerprint density at radius 1 is 1.62 bits per heavy atom. The fourth-order valence-electron chi connectivity index (χ4n) is 0.723. The van der Waals surface area contributed by atoms with Crippen molar-refractivity contribution in [2.24, 2.45) is 0 Å². The lowest BCUT2D eigenvalue weighted by atomic mass is 10.5. The molecule has 0 atom stereocenters. The monoisotopic (exact) mass is 201 g/mol. The van der Waals surface area contributed by atoms with Gasteiger partial charge in [0.05, 0.1) is 6.07 Å². The summed E-state index contributed by atoms with van der Waals surface area (Å²) in [7, 11) is -3.15. The van der Waals surface area contributed by atoms with Gasteiger partial charge in [-0.2, -0.15) is 10.2 Å². The molecule has 0 aliphatic carbocycles. The molecule has 0 saturated carbocycles. The van der Waals surface area contributed by atoms with Gasteiger partial charge in [-0.3, -0.25) is 0 Å². The number of nitriles is 1. The summed E-state index contributed by atoms with van der Waals surface area (Å²) in [6, 6.07) is 1.81. The summed E-state index contributed by atoms with van der Waals surface area (Å²) in [6.45, 7) is 0. The molecule has 1 heterocycles. The molecule has 0 bridgehead atoms. The first-order valence-electron chi connectivity index (χ1n) is 3.37. The Balaban J connectivity index is 2.76. The summed E-state index contributed by atoms with van der Waals surface area (Å²) >= 11 is 0. The SMILES string of the molecule is CS(=O)(=O)Cc1noc(CC#N)n1. The van der Waals surface area contributed by atoms with Gasteiger partial charge in [-0.25, -0.2) is 8.42 Å². The van der Waals surface area contributed by atoms with E-state index in [1.807, 2.05) is 6.07 Å². The average Bonchev–Trinajstić information content (AvgIpc) is 2.33. The Hall–Kier alpha value is -1.42. The Labute approximate surface area is 75.1 Å². The molecular weight excluding hydrogens is 194 g/mol. The van der Waals surface area contributed by atoms with E-state index in [4.69, 9.17) is 5.26 Å². The van der Waals surface area contributed by atoms with Gasteiger partial charge in [0.25, 0.3) is 0 Å². The number of hydrogen-bond donors (Lipinski definition) is 0. The van der Waals surface area contributed by atoms with Gasteiger partial charge in [0.15, 0.2) is 15.7 Å². The summed E-state index contributed by atoms with van der Waals surface area (Å²) < 4.78 is 26.2. The zero-order valence-corrected chi connectivity index (χ0v) is 7.71. The van der Waals surface area contributed by atoms with Gasteiger partial charge in [0.2, 0.25) is 5.89 Å². The molecule has 1 rings (SSSR count). The summed E-state index contributed by atoms with van der Waals surface area (Å²) in [5, 5.41) is 11.7. The molecule has 70 valence electrons. The van der Waals surface area contributed by atoms with Crippen molar-refractivity contribution in [1.82, 2.24) is 10.1 Å². The minimum Gasteiger partial charge on any atom is -0.338 e. The quantitative estimate of drug-likeness (QED) is 0.664. The molecule has 0 radical (unpaired) electrons. The molecule has 7 heteroatoms. The maximum atomic E-state index is 10.8. The Morgan fingerprint density at radius 2 is 2.31 bits per heavy atom. The molecule has 0 aliphatic rings. The fourth-order valence-corrected chi connectivity index (χ4v) is 1.31. The third-order valence-corrected chi connectivity index (χ3v) is 1.91. The minimum atomic E-state index is -3.15. The van der Waals surface area contributed by atoms with E-state index in [0.29, 0.717) is 0 Å². The first-order valence-corrected chi connectivity index (χ1v) is 5.43. The van der Waals surface area contributed by atoms with Crippen LogP contribution in [0.3, 0.4) is 0 Å². The largest absolute Gasteiger partial charge is 0.338 e. The normalized spacial score (nSPS) is 11.1. The highest BCUT2D eigenvalue weighted by Crippen LogP contribution is 2.01. The standard InChI is InChI=1S/C6H7N3O3S/c1-13(10,11)4-5-8-6(2-3-7)12-9-5/h2,4H2,1H3. The van der Waals surface area contributed by atoms with Crippen molar-refractivity contribution in [2.75, 3.05) is 6.26 Å². The van der Waals surface area contributed by atoms with E-state index < -0.39 is 9.84 Å². The smallest absolute Gasteiger partial charge is 0.240 e. The van der Waals surface area contributed by atoms with Crippen molar-refractivity contribution in [2.45, 2.75) is 12.2 Å². The molecule has 6 nitrogen and oxygen atoms in total. The van der Waals surface area contributed by atoms with E-state index in [9.17, 15) is 8.42 Å². The summed E-state index contributed by atoms with van der Waals surface area (Å²) in [5.74, 6) is -0.0315. The fraction of sp³-hybridized carbons (Fsp3) is 0.500. The van der Waals surface area contributed by atoms with Crippen LogP contribution in [0.2, 0.25) is 0 Å². The van der Waals surface area contributed by atoms with E-state index in [1.165, 1.54) is 0 Å². The van der Waals surface area contributed by atoms with E-state index in [0.717, 1.165) is 6.26 Å². The molecule has 0 aliphatic heterocycles. The van der Waals surface area contributed by atoms with E-state index in [2.05, 4.69) is 14.7 Å². The first kappa shape index (κ1) is 9.67. The zero-order valence-electron chi connectivity index (χ0n) is 6.89. The second-order valence-corrected chi connectivity index (χ2v) is 4.65. The van der Waals surface area contributed by atoms with Crippen molar-refractivity contribution < 1.29 is 12.9 Å². The van der Waals surface area contributed by atoms with Crippen LogP contribution < -0.4 is 0 Å². The topological polar surface area (TPSA) is 96.9 Å². The van der Waals surface area contributed by atoms with Gasteiger partial charge in [-0.1, -0.05) is 5.16 Å². The summed E-state index contributed by atoms with van der Waals surface area (Å²) in [5.41, 5.74) is 0.